The number of methoxy groups -OCH3 is 1. The topological polar surface area (TPSA) is 68.5 Å². The molecule has 27 heavy (non-hydrogen) atoms. The fourth-order valence-corrected chi connectivity index (χ4v) is 3.41. The van der Waals surface area contributed by atoms with Gasteiger partial charge in [0.15, 0.2) is 0 Å². The van der Waals surface area contributed by atoms with Crippen molar-refractivity contribution in [1.82, 2.24) is 10.1 Å². The average molecular weight is 363 g/mol. The Balaban J connectivity index is 1.57. The first-order valence-electron chi connectivity index (χ1n) is 9.06. The van der Waals surface area contributed by atoms with Gasteiger partial charge in [0.2, 0.25) is 17.6 Å². The number of aryl methyl sites for hydroxylation is 1. The summed E-state index contributed by atoms with van der Waals surface area (Å²) in [5.41, 5.74) is 2.90. The van der Waals surface area contributed by atoms with Gasteiger partial charge < -0.3 is 14.2 Å². The van der Waals surface area contributed by atoms with E-state index in [1.807, 2.05) is 36.4 Å². The molecule has 1 saturated heterocycles. The molecule has 0 radical (unpaired) electrons. The minimum Gasteiger partial charge on any atom is -0.496 e. The van der Waals surface area contributed by atoms with Gasteiger partial charge in [-0.2, -0.15) is 4.98 Å². The molecule has 1 aliphatic heterocycles. The Bertz CT molecular complexity index is 967. The smallest absolute Gasteiger partial charge is 0.232 e. The van der Waals surface area contributed by atoms with E-state index in [1.54, 1.807) is 12.0 Å². The summed E-state index contributed by atoms with van der Waals surface area (Å²) in [5.74, 6) is 1.61. The summed E-state index contributed by atoms with van der Waals surface area (Å²) in [6.07, 6.45) is 1.30. The Hall–Kier alpha value is -3.15. The molecule has 0 N–H and O–H groups in total. The molecule has 138 valence electrons. The van der Waals surface area contributed by atoms with E-state index in [0.717, 1.165) is 17.7 Å². The first kappa shape index (κ1) is 17.3. The fourth-order valence-electron chi connectivity index (χ4n) is 3.41. The quantitative estimate of drug-likeness (QED) is 0.689. The van der Waals surface area contributed by atoms with E-state index in [-0.39, 0.29) is 11.8 Å². The third-order valence-corrected chi connectivity index (χ3v) is 4.89. The average Bonchev–Trinajstić information content (AvgIpc) is 3.35. The van der Waals surface area contributed by atoms with E-state index < -0.39 is 0 Å². The molecule has 1 fully saturated rings. The zero-order valence-electron chi connectivity index (χ0n) is 15.4. The second-order valence-electron chi connectivity index (χ2n) is 6.59. The normalized spacial score (nSPS) is 16.7. The third kappa shape index (κ3) is 3.30. The number of carbonyl (C=O) groups excluding carboxylic acids is 1. The number of hydrogen-bond donors (Lipinski definition) is 0. The van der Waals surface area contributed by atoms with Crippen LogP contribution in [0.25, 0.3) is 11.4 Å². The highest BCUT2D eigenvalue weighted by atomic mass is 16.5. The van der Waals surface area contributed by atoms with Gasteiger partial charge in [-0.1, -0.05) is 36.3 Å². The lowest BCUT2D eigenvalue weighted by Gasteiger charge is -2.16. The van der Waals surface area contributed by atoms with Gasteiger partial charge in [-0.25, -0.2) is 0 Å². The Morgan fingerprint density at radius 3 is 2.89 bits per heavy atom. The number of rotatable bonds is 5. The van der Waals surface area contributed by atoms with Crippen LogP contribution in [0.3, 0.4) is 0 Å². The van der Waals surface area contributed by atoms with Crippen LogP contribution in [0.4, 0.5) is 5.69 Å². The van der Waals surface area contributed by atoms with Crippen LogP contribution in [0.2, 0.25) is 0 Å². The van der Waals surface area contributed by atoms with Crippen LogP contribution >= 0.6 is 0 Å². The molecule has 2 heterocycles. The standard InChI is InChI=1S/C21H21N3O3/c1-3-14-7-6-8-16(11-14)24-13-15(12-19(24)25)21-22-20(23-27-21)17-9-4-5-10-18(17)26-2/h4-11,15H,3,12-13H2,1-2H3. The monoisotopic (exact) mass is 363 g/mol. The number of ether oxygens (including phenoxy) is 1. The number of aromatic nitrogens is 2. The highest BCUT2D eigenvalue weighted by Crippen LogP contribution is 2.33. The second-order valence-corrected chi connectivity index (χ2v) is 6.59. The van der Waals surface area contributed by atoms with Gasteiger partial charge in [0, 0.05) is 18.7 Å². The van der Waals surface area contributed by atoms with Gasteiger partial charge in [-0.3, -0.25) is 4.79 Å². The van der Waals surface area contributed by atoms with Gasteiger partial charge in [-0.05, 0) is 36.2 Å². The van der Waals surface area contributed by atoms with Crippen molar-refractivity contribution in [1.29, 1.82) is 0 Å². The molecule has 1 unspecified atom stereocenters. The van der Waals surface area contributed by atoms with Crippen LogP contribution in [0.15, 0.2) is 53.1 Å². The summed E-state index contributed by atoms with van der Waals surface area (Å²) in [6.45, 7) is 2.64. The zero-order valence-corrected chi connectivity index (χ0v) is 15.4. The van der Waals surface area contributed by atoms with Crippen molar-refractivity contribution in [2.75, 3.05) is 18.6 Å². The van der Waals surface area contributed by atoms with Crippen LogP contribution in [0, 0.1) is 0 Å². The Morgan fingerprint density at radius 2 is 2.07 bits per heavy atom. The number of nitrogens with zero attached hydrogens (tertiary/aromatic N) is 3. The van der Waals surface area contributed by atoms with E-state index >= 15 is 0 Å². The molecule has 1 aromatic heterocycles. The number of para-hydroxylation sites is 1. The molecule has 0 bridgehead atoms. The predicted octanol–water partition coefficient (Wildman–Crippen LogP) is 3.83. The van der Waals surface area contributed by atoms with E-state index in [2.05, 4.69) is 29.2 Å². The molecular weight excluding hydrogens is 342 g/mol. The highest BCUT2D eigenvalue weighted by molar-refractivity contribution is 5.96. The van der Waals surface area contributed by atoms with Gasteiger partial charge in [0.05, 0.1) is 18.6 Å². The van der Waals surface area contributed by atoms with Crippen LogP contribution < -0.4 is 9.64 Å². The van der Waals surface area contributed by atoms with Crippen LogP contribution in [0.1, 0.15) is 30.7 Å². The van der Waals surface area contributed by atoms with E-state index in [4.69, 9.17) is 9.26 Å². The lowest BCUT2D eigenvalue weighted by Crippen LogP contribution is -2.24. The zero-order chi connectivity index (χ0) is 18.8. The van der Waals surface area contributed by atoms with Gasteiger partial charge in [0.25, 0.3) is 0 Å². The molecule has 3 aromatic rings. The van der Waals surface area contributed by atoms with E-state index in [9.17, 15) is 4.79 Å². The summed E-state index contributed by atoms with van der Waals surface area (Å²) in [6, 6.07) is 15.6. The Labute approximate surface area is 157 Å². The molecule has 0 saturated carbocycles. The fraction of sp³-hybridized carbons (Fsp3) is 0.286. The van der Waals surface area contributed by atoms with Crippen molar-refractivity contribution in [2.24, 2.45) is 0 Å². The largest absolute Gasteiger partial charge is 0.496 e. The van der Waals surface area contributed by atoms with Crippen molar-refractivity contribution >= 4 is 11.6 Å². The van der Waals surface area contributed by atoms with Crippen LogP contribution in [0.5, 0.6) is 5.75 Å². The number of carbonyl (C=O) groups is 1. The second kappa shape index (κ2) is 7.23. The Morgan fingerprint density at radius 1 is 1.22 bits per heavy atom. The lowest BCUT2D eigenvalue weighted by molar-refractivity contribution is -0.117. The van der Waals surface area contributed by atoms with E-state index in [0.29, 0.717) is 30.4 Å². The molecular formula is C21H21N3O3. The molecule has 2 aromatic carbocycles. The van der Waals surface area contributed by atoms with Gasteiger partial charge >= 0.3 is 0 Å². The maximum absolute atomic E-state index is 12.6. The van der Waals surface area contributed by atoms with Crippen molar-refractivity contribution in [3.05, 3.63) is 60.0 Å². The summed E-state index contributed by atoms with van der Waals surface area (Å²) in [4.78, 5) is 18.9. The van der Waals surface area contributed by atoms with E-state index in [1.165, 1.54) is 5.56 Å². The van der Waals surface area contributed by atoms with Crippen molar-refractivity contribution in [2.45, 2.75) is 25.7 Å². The lowest BCUT2D eigenvalue weighted by atomic mass is 10.1. The summed E-state index contributed by atoms with van der Waals surface area (Å²) in [5, 5.41) is 4.09. The number of benzene rings is 2. The maximum Gasteiger partial charge on any atom is 0.232 e. The van der Waals surface area contributed by atoms with Crippen molar-refractivity contribution < 1.29 is 14.1 Å². The molecule has 1 amide bonds. The number of hydrogen-bond acceptors (Lipinski definition) is 5. The maximum atomic E-state index is 12.6. The summed E-state index contributed by atoms with van der Waals surface area (Å²) in [7, 11) is 1.61. The third-order valence-electron chi connectivity index (χ3n) is 4.89. The molecule has 6 heteroatoms. The minimum atomic E-state index is -0.112. The first-order chi connectivity index (χ1) is 13.2. The van der Waals surface area contributed by atoms with Crippen LogP contribution in [-0.2, 0) is 11.2 Å². The molecule has 4 rings (SSSR count). The molecule has 1 aliphatic rings. The van der Waals surface area contributed by atoms with Gasteiger partial charge in [-0.15, -0.1) is 0 Å². The van der Waals surface area contributed by atoms with Crippen molar-refractivity contribution in [3.8, 4) is 17.1 Å². The molecule has 0 aliphatic carbocycles. The molecule has 6 nitrogen and oxygen atoms in total. The Kier molecular flexibility index (Phi) is 4.62. The molecule has 0 spiro atoms. The number of amides is 1. The first-order valence-corrected chi connectivity index (χ1v) is 9.06. The highest BCUT2D eigenvalue weighted by Gasteiger charge is 2.35. The summed E-state index contributed by atoms with van der Waals surface area (Å²) < 4.78 is 10.8. The predicted molar refractivity (Wildman–Crippen MR) is 102 cm³/mol. The van der Waals surface area contributed by atoms with Crippen molar-refractivity contribution in [3.63, 3.8) is 0 Å². The minimum absolute atomic E-state index is 0.0743. The summed E-state index contributed by atoms with van der Waals surface area (Å²) >= 11 is 0. The number of anilines is 1. The van der Waals surface area contributed by atoms with Gasteiger partial charge in [0.1, 0.15) is 5.75 Å². The van der Waals surface area contributed by atoms with Crippen LogP contribution in [-0.4, -0.2) is 29.7 Å². The molecule has 1 atom stereocenters. The SMILES string of the molecule is CCc1cccc(N2CC(c3nc(-c4ccccc4OC)no3)CC2=O)c1.